The van der Waals surface area contributed by atoms with Crippen LogP contribution in [0.25, 0.3) is 0 Å². The average Bonchev–Trinajstić information content (AvgIpc) is 3.34. The monoisotopic (exact) mass is 530 g/mol. The summed E-state index contributed by atoms with van der Waals surface area (Å²) in [6, 6.07) is 12.8. The second-order valence-corrected chi connectivity index (χ2v) is 11.2. The normalized spacial score (nSPS) is 16.3. The summed E-state index contributed by atoms with van der Waals surface area (Å²) in [4.78, 5) is 17.5. The zero-order valence-electron chi connectivity index (χ0n) is 23.1. The molecule has 1 saturated heterocycles. The molecule has 9 heteroatoms. The molecule has 1 amide bonds. The molecule has 204 valence electrons. The van der Waals surface area contributed by atoms with Crippen LogP contribution in [0.1, 0.15) is 29.5 Å². The molecule has 3 rings (SSSR count). The lowest BCUT2D eigenvalue weighted by Crippen LogP contribution is -2.36. The molecule has 2 aromatic rings. The first-order valence-electron chi connectivity index (χ1n) is 12.8. The van der Waals surface area contributed by atoms with Crippen LogP contribution in [-0.4, -0.2) is 86.5 Å². The van der Waals surface area contributed by atoms with Crippen LogP contribution in [-0.2, 0) is 27.1 Å². The molecule has 1 fully saturated rings. The summed E-state index contributed by atoms with van der Waals surface area (Å²) in [6.45, 7) is 7.23. The van der Waals surface area contributed by atoms with Gasteiger partial charge < -0.3 is 24.6 Å². The number of amides is 1. The van der Waals surface area contributed by atoms with Gasteiger partial charge in [-0.25, -0.2) is 8.51 Å². The molecule has 1 aliphatic rings. The lowest BCUT2D eigenvalue weighted by molar-refractivity contribution is -0.135. The Morgan fingerprint density at radius 2 is 1.84 bits per heavy atom. The summed E-state index contributed by atoms with van der Waals surface area (Å²) in [7, 11) is 5.89. The van der Waals surface area contributed by atoms with Crippen molar-refractivity contribution in [2.24, 2.45) is 0 Å². The number of carbonyl (C=O) groups is 1. The Kier molecular flexibility index (Phi) is 10.9. The van der Waals surface area contributed by atoms with Crippen LogP contribution in [0, 0.1) is 13.8 Å². The highest BCUT2D eigenvalue weighted by Gasteiger charge is 2.24. The first-order chi connectivity index (χ1) is 17.7. The number of methoxy groups -OCH3 is 1. The number of hydrogen-bond acceptors (Lipinski definition) is 6. The molecule has 2 atom stereocenters. The van der Waals surface area contributed by atoms with Crippen LogP contribution >= 0.6 is 0 Å². The lowest BCUT2D eigenvalue weighted by Gasteiger charge is -2.27. The number of hydrogen-bond donors (Lipinski definition) is 1. The van der Waals surface area contributed by atoms with Gasteiger partial charge in [0.2, 0.25) is 5.91 Å². The molecule has 0 aliphatic carbocycles. The van der Waals surface area contributed by atoms with Gasteiger partial charge in [0.05, 0.1) is 18.6 Å². The van der Waals surface area contributed by atoms with Gasteiger partial charge in [0.25, 0.3) is 0 Å². The first-order valence-corrected chi connectivity index (χ1v) is 14.0. The molecule has 1 heterocycles. The maximum absolute atomic E-state index is 13.0. The Balaban J connectivity index is 1.42. The van der Waals surface area contributed by atoms with E-state index in [1.165, 1.54) is 18.5 Å². The largest absolute Gasteiger partial charge is 0.497 e. The second-order valence-electron chi connectivity index (χ2n) is 9.71. The third-order valence-corrected chi connectivity index (χ3v) is 8.58. The van der Waals surface area contributed by atoms with Gasteiger partial charge in [-0.05, 0) is 74.7 Å². The van der Waals surface area contributed by atoms with Gasteiger partial charge in [0.15, 0.2) is 0 Å². The zero-order chi connectivity index (χ0) is 26.9. The van der Waals surface area contributed by atoms with E-state index in [1.54, 1.807) is 30.4 Å². The zero-order valence-corrected chi connectivity index (χ0v) is 23.9. The summed E-state index contributed by atoms with van der Waals surface area (Å²) >= 11 is 0. The predicted octanol–water partition coefficient (Wildman–Crippen LogP) is 3.13. The van der Waals surface area contributed by atoms with Gasteiger partial charge in [-0.3, -0.25) is 4.79 Å². The van der Waals surface area contributed by atoms with Gasteiger partial charge >= 0.3 is 0 Å². The van der Waals surface area contributed by atoms with Crippen LogP contribution in [0.2, 0.25) is 0 Å². The molecule has 0 bridgehead atoms. The number of ether oxygens (including phenoxy) is 2. The molecule has 37 heavy (non-hydrogen) atoms. The minimum Gasteiger partial charge on any atom is -0.497 e. The van der Waals surface area contributed by atoms with Crippen molar-refractivity contribution < 1.29 is 18.5 Å². The Labute approximate surface area is 224 Å². The Morgan fingerprint density at radius 3 is 2.46 bits per heavy atom. The van der Waals surface area contributed by atoms with Crippen molar-refractivity contribution in [3.63, 3.8) is 0 Å². The molecule has 0 radical (unpaired) electrons. The van der Waals surface area contributed by atoms with Crippen LogP contribution in [0.4, 0.5) is 5.69 Å². The number of benzene rings is 2. The van der Waals surface area contributed by atoms with Crippen LogP contribution in [0.15, 0.2) is 41.3 Å². The van der Waals surface area contributed by atoms with E-state index in [2.05, 4.69) is 34.5 Å². The molecular formula is C28H42N4O4S. The van der Waals surface area contributed by atoms with Gasteiger partial charge in [-0.2, -0.15) is 0 Å². The summed E-state index contributed by atoms with van der Waals surface area (Å²) in [6.07, 6.45) is 2.43. The fourth-order valence-electron chi connectivity index (χ4n) is 4.78. The molecule has 0 saturated carbocycles. The van der Waals surface area contributed by atoms with Gasteiger partial charge in [0.1, 0.15) is 23.3 Å². The van der Waals surface area contributed by atoms with E-state index in [0.717, 1.165) is 40.4 Å². The van der Waals surface area contributed by atoms with E-state index in [1.807, 2.05) is 33.0 Å². The van der Waals surface area contributed by atoms with Crippen molar-refractivity contribution in [1.29, 1.82) is 0 Å². The minimum atomic E-state index is -1.32. The van der Waals surface area contributed by atoms with E-state index < -0.39 is 11.0 Å². The van der Waals surface area contributed by atoms with Crippen molar-refractivity contribution in [3.05, 3.63) is 53.1 Å². The molecular weight excluding hydrogens is 488 g/mol. The van der Waals surface area contributed by atoms with Crippen LogP contribution in [0.3, 0.4) is 0 Å². The van der Waals surface area contributed by atoms with E-state index in [4.69, 9.17) is 9.47 Å². The van der Waals surface area contributed by atoms with E-state index in [0.29, 0.717) is 25.7 Å². The fraction of sp³-hybridized carbons (Fsp3) is 0.536. The molecule has 2 unspecified atom stereocenters. The Bertz CT molecular complexity index is 1040. The Morgan fingerprint density at radius 1 is 1.16 bits per heavy atom. The standard InChI is InChI=1S/C28H42N4O4S/c1-21-16-26(35-6)17-22(2)28(21)37(34)31(5)14-15-36-20-27(33)30(4)19-23-9-11-24(12-10-23)32-13-7-8-25(32)18-29-3/h9-12,16-17,25,29H,7-8,13-15,18-20H2,1-6H3. The maximum Gasteiger partial charge on any atom is 0.248 e. The number of rotatable bonds is 13. The van der Waals surface area contributed by atoms with E-state index in [-0.39, 0.29) is 12.5 Å². The van der Waals surface area contributed by atoms with Gasteiger partial charge in [-0.15, -0.1) is 0 Å². The molecule has 2 aromatic carbocycles. The van der Waals surface area contributed by atoms with Crippen LogP contribution < -0.4 is 15.0 Å². The number of aryl methyl sites for hydroxylation is 2. The van der Waals surface area contributed by atoms with E-state index >= 15 is 0 Å². The van der Waals surface area contributed by atoms with Crippen molar-refractivity contribution in [1.82, 2.24) is 14.5 Å². The molecule has 1 N–H and O–H groups in total. The van der Waals surface area contributed by atoms with Crippen molar-refractivity contribution in [2.75, 3.05) is 66.0 Å². The lowest BCUT2D eigenvalue weighted by atomic mass is 10.1. The smallest absolute Gasteiger partial charge is 0.248 e. The number of likely N-dealkylation sites (N-methyl/N-ethyl adjacent to an activating group) is 3. The van der Waals surface area contributed by atoms with Crippen molar-refractivity contribution in [2.45, 2.75) is 44.2 Å². The summed E-state index contributed by atoms with van der Waals surface area (Å²) in [5.41, 5.74) is 4.17. The van der Waals surface area contributed by atoms with Gasteiger partial charge in [0, 0.05) is 52.0 Å². The minimum absolute atomic E-state index is 0.00484. The van der Waals surface area contributed by atoms with Crippen molar-refractivity contribution in [3.8, 4) is 5.75 Å². The number of anilines is 1. The summed E-state index contributed by atoms with van der Waals surface area (Å²) in [5.74, 6) is 0.674. The van der Waals surface area contributed by atoms with Crippen LogP contribution in [0.5, 0.6) is 5.75 Å². The molecule has 0 spiro atoms. The van der Waals surface area contributed by atoms with Gasteiger partial charge in [-0.1, -0.05) is 12.1 Å². The molecule has 1 aliphatic heterocycles. The SMILES string of the molecule is CNCC1CCCN1c1ccc(CN(C)C(=O)COCCN(C)S(=O)c2c(C)cc(OC)cc2C)cc1. The summed E-state index contributed by atoms with van der Waals surface area (Å²) in [5, 5.41) is 3.29. The van der Waals surface area contributed by atoms with E-state index in [9.17, 15) is 9.00 Å². The number of nitrogens with zero attached hydrogens (tertiary/aromatic N) is 3. The topological polar surface area (TPSA) is 74.4 Å². The third kappa shape index (κ3) is 7.77. The highest BCUT2D eigenvalue weighted by Crippen LogP contribution is 2.26. The maximum atomic E-state index is 13.0. The van der Waals surface area contributed by atoms with Crippen molar-refractivity contribution >= 4 is 22.6 Å². The second kappa shape index (κ2) is 13.9. The number of nitrogens with one attached hydrogen (secondary N) is 1. The highest BCUT2D eigenvalue weighted by atomic mass is 32.2. The fourth-order valence-corrected chi connectivity index (χ4v) is 6.00. The molecule has 0 aromatic heterocycles. The average molecular weight is 531 g/mol. The third-order valence-electron chi connectivity index (χ3n) is 6.83. The number of carbonyl (C=O) groups excluding carboxylic acids is 1. The highest BCUT2D eigenvalue weighted by molar-refractivity contribution is 7.82. The molecule has 8 nitrogen and oxygen atoms in total. The first kappa shape index (κ1) is 29.1. The predicted molar refractivity (Wildman–Crippen MR) is 150 cm³/mol. The Hall–Kier alpha value is -2.46. The quantitative estimate of drug-likeness (QED) is 0.401. The summed E-state index contributed by atoms with van der Waals surface area (Å²) < 4.78 is 25.7.